The fraction of sp³-hybridized carbons (Fsp3) is 0.545. The molecule has 0 aliphatic carbocycles. The molecule has 0 bridgehead atoms. The van der Waals surface area contributed by atoms with E-state index in [9.17, 15) is 0 Å². The van der Waals surface area contributed by atoms with Crippen LogP contribution in [0.15, 0.2) is 12.3 Å². The Kier molecular flexibility index (Phi) is 3.89. The molecule has 1 aromatic rings. The van der Waals surface area contributed by atoms with Crippen LogP contribution in [-0.4, -0.2) is 18.1 Å². The first-order chi connectivity index (χ1) is 6.63. The second-order valence-corrected chi connectivity index (χ2v) is 3.77. The molecule has 0 saturated carbocycles. The summed E-state index contributed by atoms with van der Waals surface area (Å²) in [6, 6.07) is 2.57. The quantitative estimate of drug-likeness (QED) is 0.767. The lowest BCUT2D eigenvalue weighted by atomic mass is 10.2. The smallest absolute Gasteiger partial charge is 0.0416 e. The number of nitrogens with zero attached hydrogens (tertiary/aromatic N) is 1. The number of hydrogen-bond acceptors (Lipinski definition) is 3. The molecule has 0 saturated heterocycles. The van der Waals surface area contributed by atoms with Crippen molar-refractivity contribution in [3.05, 3.63) is 23.5 Å². The van der Waals surface area contributed by atoms with Gasteiger partial charge in [-0.1, -0.05) is 13.8 Å². The summed E-state index contributed by atoms with van der Waals surface area (Å²) >= 11 is 0. The molecule has 0 radical (unpaired) electrons. The van der Waals surface area contributed by atoms with Crippen molar-refractivity contribution in [3.8, 4) is 0 Å². The largest absolute Gasteiger partial charge is 0.388 e. The van der Waals surface area contributed by atoms with Crippen molar-refractivity contribution in [2.45, 2.75) is 33.4 Å². The van der Waals surface area contributed by atoms with Crippen LogP contribution in [0.1, 0.15) is 25.1 Å². The molecule has 78 valence electrons. The summed E-state index contributed by atoms with van der Waals surface area (Å²) in [6.07, 6.45) is 1.93. The molecule has 3 heteroatoms. The third-order valence-electron chi connectivity index (χ3n) is 2.09. The number of nitrogens with one attached hydrogen (secondary N) is 2. The van der Waals surface area contributed by atoms with Gasteiger partial charge in [-0.3, -0.25) is 4.98 Å². The molecule has 0 unspecified atom stereocenters. The van der Waals surface area contributed by atoms with Crippen LogP contribution in [-0.2, 0) is 6.54 Å². The van der Waals surface area contributed by atoms with Crippen molar-refractivity contribution in [3.63, 3.8) is 0 Å². The van der Waals surface area contributed by atoms with E-state index in [1.807, 2.05) is 20.2 Å². The number of aryl methyl sites for hydroxylation is 1. The van der Waals surface area contributed by atoms with Gasteiger partial charge < -0.3 is 10.6 Å². The molecule has 0 amide bonds. The predicted octanol–water partition coefficient (Wildman–Crippen LogP) is 1.93. The maximum atomic E-state index is 4.29. The van der Waals surface area contributed by atoms with Crippen molar-refractivity contribution in [2.24, 2.45) is 0 Å². The maximum absolute atomic E-state index is 4.29. The SMILES string of the molecule is CNc1cc(C)ncc1CNC(C)C. The van der Waals surface area contributed by atoms with Gasteiger partial charge in [0, 0.05) is 42.8 Å². The first-order valence-electron chi connectivity index (χ1n) is 5.00. The summed E-state index contributed by atoms with van der Waals surface area (Å²) in [5.41, 5.74) is 3.42. The normalized spacial score (nSPS) is 10.6. The minimum Gasteiger partial charge on any atom is -0.388 e. The molecular formula is C11H19N3. The molecule has 3 nitrogen and oxygen atoms in total. The van der Waals surface area contributed by atoms with Crippen molar-refractivity contribution >= 4 is 5.69 Å². The van der Waals surface area contributed by atoms with Crippen LogP contribution >= 0.6 is 0 Å². The summed E-state index contributed by atoms with van der Waals surface area (Å²) in [6.45, 7) is 7.14. The van der Waals surface area contributed by atoms with Crippen molar-refractivity contribution in [1.82, 2.24) is 10.3 Å². The lowest BCUT2D eigenvalue weighted by Gasteiger charge is -2.12. The second kappa shape index (κ2) is 4.96. The lowest BCUT2D eigenvalue weighted by molar-refractivity contribution is 0.588. The van der Waals surface area contributed by atoms with Gasteiger partial charge in [0.1, 0.15) is 0 Å². The molecule has 0 aliphatic heterocycles. The van der Waals surface area contributed by atoms with E-state index < -0.39 is 0 Å². The average molecular weight is 193 g/mol. The Bertz CT molecular complexity index is 295. The minimum atomic E-state index is 0.501. The zero-order chi connectivity index (χ0) is 10.6. The van der Waals surface area contributed by atoms with Crippen LogP contribution in [0.4, 0.5) is 5.69 Å². The Morgan fingerprint density at radius 1 is 1.43 bits per heavy atom. The molecule has 0 spiro atoms. The Labute approximate surface area is 85.9 Å². The standard InChI is InChI=1S/C11H19N3/c1-8(2)13-6-10-7-14-9(3)5-11(10)12-4/h5,7-8,13H,6H2,1-4H3,(H,12,14). The first-order valence-corrected chi connectivity index (χ1v) is 5.00. The van der Waals surface area contributed by atoms with E-state index in [0.29, 0.717) is 6.04 Å². The third-order valence-corrected chi connectivity index (χ3v) is 2.09. The molecule has 0 fully saturated rings. The van der Waals surface area contributed by atoms with E-state index >= 15 is 0 Å². The van der Waals surface area contributed by atoms with Gasteiger partial charge in [0.2, 0.25) is 0 Å². The van der Waals surface area contributed by atoms with Gasteiger partial charge in [0.25, 0.3) is 0 Å². The van der Waals surface area contributed by atoms with Gasteiger partial charge in [-0.05, 0) is 13.0 Å². The Morgan fingerprint density at radius 3 is 2.71 bits per heavy atom. The molecular weight excluding hydrogens is 174 g/mol. The summed E-state index contributed by atoms with van der Waals surface area (Å²) in [4.78, 5) is 4.29. The van der Waals surface area contributed by atoms with Gasteiger partial charge in [-0.15, -0.1) is 0 Å². The predicted molar refractivity (Wildman–Crippen MR) is 60.5 cm³/mol. The van der Waals surface area contributed by atoms with E-state index in [1.165, 1.54) is 5.56 Å². The zero-order valence-corrected chi connectivity index (χ0v) is 9.39. The Hall–Kier alpha value is -1.09. The molecule has 0 aliphatic rings. The van der Waals surface area contributed by atoms with Crippen LogP contribution in [0.5, 0.6) is 0 Å². The summed E-state index contributed by atoms with van der Waals surface area (Å²) in [5.74, 6) is 0. The Balaban J connectivity index is 2.75. The molecule has 14 heavy (non-hydrogen) atoms. The van der Waals surface area contributed by atoms with Crippen molar-refractivity contribution < 1.29 is 0 Å². The highest BCUT2D eigenvalue weighted by Crippen LogP contribution is 2.14. The van der Waals surface area contributed by atoms with E-state index in [4.69, 9.17) is 0 Å². The van der Waals surface area contributed by atoms with Crippen LogP contribution in [0, 0.1) is 6.92 Å². The van der Waals surface area contributed by atoms with Gasteiger partial charge in [0.15, 0.2) is 0 Å². The summed E-state index contributed by atoms with van der Waals surface area (Å²) in [7, 11) is 1.94. The van der Waals surface area contributed by atoms with E-state index in [0.717, 1.165) is 17.9 Å². The molecule has 0 aromatic carbocycles. The maximum Gasteiger partial charge on any atom is 0.0416 e. The fourth-order valence-corrected chi connectivity index (χ4v) is 1.28. The molecule has 0 atom stereocenters. The molecule has 1 rings (SSSR count). The topological polar surface area (TPSA) is 37.0 Å². The van der Waals surface area contributed by atoms with Crippen LogP contribution in [0.25, 0.3) is 0 Å². The van der Waals surface area contributed by atoms with E-state index in [2.05, 4.69) is 35.5 Å². The second-order valence-electron chi connectivity index (χ2n) is 3.77. The highest BCUT2D eigenvalue weighted by molar-refractivity contribution is 5.50. The first kappa shape index (κ1) is 11.0. The average Bonchev–Trinajstić information content (AvgIpc) is 2.15. The van der Waals surface area contributed by atoms with Gasteiger partial charge in [-0.2, -0.15) is 0 Å². The monoisotopic (exact) mass is 193 g/mol. The van der Waals surface area contributed by atoms with Crippen molar-refractivity contribution in [1.29, 1.82) is 0 Å². The number of hydrogen-bond donors (Lipinski definition) is 2. The summed E-state index contributed by atoms with van der Waals surface area (Å²) < 4.78 is 0. The van der Waals surface area contributed by atoms with Crippen LogP contribution < -0.4 is 10.6 Å². The zero-order valence-electron chi connectivity index (χ0n) is 9.39. The van der Waals surface area contributed by atoms with Gasteiger partial charge in [0.05, 0.1) is 0 Å². The minimum absolute atomic E-state index is 0.501. The highest BCUT2D eigenvalue weighted by atomic mass is 14.9. The number of pyridine rings is 1. The van der Waals surface area contributed by atoms with Crippen LogP contribution in [0.3, 0.4) is 0 Å². The third kappa shape index (κ3) is 3.00. The van der Waals surface area contributed by atoms with Gasteiger partial charge >= 0.3 is 0 Å². The number of aromatic nitrogens is 1. The molecule has 1 aromatic heterocycles. The van der Waals surface area contributed by atoms with E-state index in [1.54, 1.807) is 0 Å². The highest BCUT2D eigenvalue weighted by Gasteiger charge is 2.02. The number of anilines is 1. The molecule has 2 N–H and O–H groups in total. The fourth-order valence-electron chi connectivity index (χ4n) is 1.28. The number of rotatable bonds is 4. The van der Waals surface area contributed by atoms with E-state index in [-0.39, 0.29) is 0 Å². The van der Waals surface area contributed by atoms with Crippen molar-refractivity contribution in [2.75, 3.05) is 12.4 Å². The lowest BCUT2D eigenvalue weighted by Crippen LogP contribution is -2.22. The molecule has 1 heterocycles. The Morgan fingerprint density at radius 2 is 2.14 bits per heavy atom. The van der Waals surface area contributed by atoms with Gasteiger partial charge in [-0.25, -0.2) is 0 Å². The summed E-state index contributed by atoms with van der Waals surface area (Å²) in [5, 5.41) is 6.56. The van der Waals surface area contributed by atoms with Crippen LogP contribution in [0.2, 0.25) is 0 Å².